The Labute approximate surface area is 119 Å². The molecule has 2 aromatic rings. The van der Waals surface area contributed by atoms with Crippen LogP contribution in [-0.2, 0) is 0 Å². The standard InChI is InChI=1S/C17H22O3/c1-4-17(3,19)11-20-16-14(12(2)18)10-9-13-7-5-6-8-15(13)16/h5-10,12,18-19H,4,11H2,1-3H3/t12-,17?/m0/s1. The number of benzene rings is 2. The number of fused-ring (bicyclic) bond motifs is 1. The van der Waals surface area contributed by atoms with E-state index < -0.39 is 11.7 Å². The molecule has 0 saturated heterocycles. The molecule has 2 N–H and O–H groups in total. The highest BCUT2D eigenvalue weighted by molar-refractivity contribution is 5.89. The van der Waals surface area contributed by atoms with Crippen LogP contribution in [0.1, 0.15) is 38.9 Å². The van der Waals surface area contributed by atoms with Gasteiger partial charge in [-0.15, -0.1) is 0 Å². The third-order valence-electron chi connectivity index (χ3n) is 3.65. The van der Waals surface area contributed by atoms with Gasteiger partial charge >= 0.3 is 0 Å². The third-order valence-corrected chi connectivity index (χ3v) is 3.65. The van der Waals surface area contributed by atoms with Crippen LogP contribution in [0, 0.1) is 0 Å². The zero-order valence-electron chi connectivity index (χ0n) is 12.3. The highest BCUT2D eigenvalue weighted by Gasteiger charge is 2.21. The smallest absolute Gasteiger partial charge is 0.133 e. The third kappa shape index (κ3) is 3.11. The molecule has 0 bridgehead atoms. The Balaban J connectivity index is 2.44. The van der Waals surface area contributed by atoms with E-state index in [-0.39, 0.29) is 6.61 Å². The quantitative estimate of drug-likeness (QED) is 0.878. The van der Waals surface area contributed by atoms with E-state index in [4.69, 9.17) is 4.74 Å². The van der Waals surface area contributed by atoms with Crippen LogP contribution in [0.5, 0.6) is 5.75 Å². The maximum absolute atomic E-state index is 10.1. The van der Waals surface area contributed by atoms with Crippen molar-refractivity contribution in [1.29, 1.82) is 0 Å². The fraction of sp³-hybridized carbons (Fsp3) is 0.412. The van der Waals surface area contributed by atoms with Gasteiger partial charge in [0.1, 0.15) is 12.4 Å². The molecule has 20 heavy (non-hydrogen) atoms. The van der Waals surface area contributed by atoms with Crippen molar-refractivity contribution in [2.75, 3.05) is 6.61 Å². The second kappa shape index (κ2) is 5.81. The van der Waals surface area contributed by atoms with Crippen LogP contribution in [-0.4, -0.2) is 22.4 Å². The molecule has 0 radical (unpaired) electrons. The van der Waals surface area contributed by atoms with Gasteiger partial charge in [0.15, 0.2) is 0 Å². The van der Waals surface area contributed by atoms with Gasteiger partial charge in [-0.2, -0.15) is 0 Å². The molecular weight excluding hydrogens is 252 g/mol. The van der Waals surface area contributed by atoms with Crippen LogP contribution >= 0.6 is 0 Å². The maximum atomic E-state index is 10.1. The Morgan fingerprint density at radius 2 is 1.90 bits per heavy atom. The van der Waals surface area contributed by atoms with Crippen molar-refractivity contribution in [3.05, 3.63) is 42.0 Å². The largest absolute Gasteiger partial charge is 0.490 e. The molecule has 108 valence electrons. The average molecular weight is 274 g/mol. The van der Waals surface area contributed by atoms with Crippen LogP contribution in [0.4, 0.5) is 0 Å². The summed E-state index contributed by atoms with van der Waals surface area (Å²) in [6.07, 6.45) is 0.00286. The Morgan fingerprint density at radius 3 is 2.55 bits per heavy atom. The normalized spacial score (nSPS) is 15.8. The highest BCUT2D eigenvalue weighted by atomic mass is 16.5. The molecule has 3 nitrogen and oxygen atoms in total. The predicted molar refractivity (Wildman–Crippen MR) is 81.0 cm³/mol. The van der Waals surface area contributed by atoms with E-state index in [1.807, 2.05) is 43.3 Å². The number of hydrogen-bond acceptors (Lipinski definition) is 3. The first-order valence-electron chi connectivity index (χ1n) is 6.99. The summed E-state index contributed by atoms with van der Waals surface area (Å²) in [7, 11) is 0. The minimum absolute atomic E-state index is 0.206. The van der Waals surface area contributed by atoms with Gasteiger partial charge in [-0.3, -0.25) is 0 Å². The van der Waals surface area contributed by atoms with Crippen LogP contribution in [0.3, 0.4) is 0 Å². The summed E-state index contributed by atoms with van der Waals surface area (Å²) in [5.41, 5.74) is -0.122. The summed E-state index contributed by atoms with van der Waals surface area (Å²) in [6.45, 7) is 5.59. The van der Waals surface area contributed by atoms with Gasteiger partial charge in [0.25, 0.3) is 0 Å². The molecule has 0 aliphatic rings. The maximum Gasteiger partial charge on any atom is 0.133 e. The summed E-state index contributed by atoms with van der Waals surface area (Å²) in [5, 5.41) is 22.0. The lowest BCUT2D eigenvalue weighted by molar-refractivity contribution is 0.00799. The Bertz CT molecular complexity index is 588. The van der Waals surface area contributed by atoms with Gasteiger partial charge in [0.05, 0.1) is 11.7 Å². The fourth-order valence-electron chi connectivity index (χ4n) is 2.08. The van der Waals surface area contributed by atoms with Crippen LogP contribution < -0.4 is 4.74 Å². The Hall–Kier alpha value is -1.58. The van der Waals surface area contributed by atoms with Crippen LogP contribution in [0.25, 0.3) is 10.8 Å². The zero-order chi connectivity index (χ0) is 14.8. The molecule has 0 saturated carbocycles. The predicted octanol–water partition coefficient (Wildman–Crippen LogP) is 3.43. The molecule has 0 aliphatic heterocycles. The summed E-state index contributed by atoms with van der Waals surface area (Å²) >= 11 is 0. The van der Waals surface area contributed by atoms with Crippen molar-refractivity contribution in [1.82, 2.24) is 0 Å². The highest BCUT2D eigenvalue weighted by Crippen LogP contribution is 2.34. The second-order valence-electron chi connectivity index (χ2n) is 5.52. The Morgan fingerprint density at radius 1 is 1.20 bits per heavy atom. The number of hydrogen-bond donors (Lipinski definition) is 2. The van der Waals surface area contributed by atoms with E-state index in [0.717, 1.165) is 16.3 Å². The number of rotatable bonds is 5. The van der Waals surface area contributed by atoms with E-state index >= 15 is 0 Å². The average Bonchev–Trinajstić information content (AvgIpc) is 2.44. The van der Waals surface area contributed by atoms with E-state index in [9.17, 15) is 10.2 Å². The molecule has 2 rings (SSSR count). The second-order valence-corrected chi connectivity index (χ2v) is 5.52. The van der Waals surface area contributed by atoms with Crippen molar-refractivity contribution < 1.29 is 14.9 Å². The summed E-state index contributed by atoms with van der Waals surface area (Å²) in [5.74, 6) is 0.659. The van der Waals surface area contributed by atoms with Gasteiger partial charge in [0, 0.05) is 10.9 Å². The SMILES string of the molecule is CCC(C)(O)COc1c([C@H](C)O)ccc2ccccc12. The summed E-state index contributed by atoms with van der Waals surface area (Å²) in [6, 6.07) is 11.7. The van der Waals surface area contributed by atoms with Crippen molar-refractivity contribution in [3.63, 3.8) is 0 Å². The molecule has 0 fully saturated rings. The minimum atomic E-state index is -0.868. The van der Waals surface area contributed by atoms with Gasteiger partial charge in [-0.05, 0) is 25.7 Å². The first-order valence-corrected chi connectivity index (χ1v) is 6.99. The van der Waals surface area contributed by atoms with Crippen molar-refractivity contribution in [3.8, 4) is 5.75 Å². The van der Waals surface area contributed by atoms with Crippen molar-refractivity contribution >= 4 is 10.8 Å². The number of aliphatic hydroxyl groups excluding tert-OH is 1. The molecule has 0 aromatic heterocycles. The first-order chi connectivity index (χ1) is 9.44. The molecule has 3 heteroatoms. The van der Waals surface area contributed by atoms with Gasteiger partial charge in [0.2, 0.25) is 0 Å². The summed E-state index contributed by atoms with van der Waals surface area (Å²) in [4.78, 5) is 0. The molecule has 2 aromatic carbocycles. The summed E-state index contributed by atoms with van der Waals surface area (Å²) < 4.78 is 5.86. The number of ether oxygens (including phenoxy) is 1. The van der Waals surface area contributed by atoms with Crippen molar-refractivity contribution in [2.24, 2.45) is 0 Å². The fourth-order valence-corrected chi connectivity index (χ4v) is 2.08. The lowest BCUT2D eigenvalue weighted by Crippen LogP contribution is -2.31. The zero-order valence-corrected chi connectivity index (χ0v) is 12.3. The molecular formula is C17H22O3. The minimum Gasteiger partial charge on any atom is -0.490 e. The van der Waals surface area contributed by atoms with Crippen molar-refractivity contribution in [2.45, 2.75) is 38.9 Å². The van der Waals surface area contributed by atoms with Crippen LogP contribution in [0.2, 0.25) is 0 Å². The lowest BCUT2D eigenvalue weighted by atomic mass is 10.0. The van der Waals surface area contributed by atoms with E-state index in [1.54, 1.807) is 13.8 Å². The topological polar surface area (TPSA) is 49.7 Å². The molecule has 0 amide bonds. The first kappa shape index (κ1) is 14.8. The van der Waals surface area contributed by atoms with Gasteiger partial charge in [-0.1, -0.05) is 43.3 Å². The Kier molecular flexibility index (Phi) is 4.31. The van der Waals surface area contributed by atoms with E-state index in [2.05, 4.69) is 0 Å². The van der Waals surface area contributed by atoms with E-state index in [0.29, 0.717) is 12.2 Å². The van der Waals surface area contributed by atoms with Gasteiger partial charge in [-0.25, -0.2) is 0 Å². The van der Waals surface area contributed by atoms with E-state index in [1.165, 1.54) is 0 Å². The monoisotopic (exact) mass is 274 g/mol. The van der Waals surface area contributed by atoms with Crippen LogP contribution in [0.15, 0.2) is 36.4 Å². The molecule has 2 atom stereocenters. The molecule has 0 heterocycles. The molecule has 1 unspecified atom stereocenters. The molecule has 0 aliphatic carbocycles. The van der Waals surface area contributed by atoms with Gasteiger partial charge < -0.3 is 14.9 Å². The number of aliphatic hydroxyl groups is 2. The molecule has 0 spiro atoms. The lowest BCUT2D eigenvalue weighted by Gasteiger charge is -2.24.